The van der Waals surface area contributed by atoms with E-state index in [0.29, 0.717) is 18.4 Å². The summed E-state index contributed by atoms with van der Waals surface area (Å²) in [7, 11) is 0. The minimum absolute atomic E-state index is 0.138. The molecule has 3 rings (SSSR count). The first-order valence-corrected chi connectivity index (χ1v) is 10.7. The Morgan fingerprint density at radius 1 is 1.16 bits per heavy atom. The van der Waals surface area contributed by atoms with Crippen molar-refractivity contribution < 1.29 is 42.9 Å². The molecule has 1 saturated heterocycles. The average molecular weight is 450 g/mol. The van der Waals surface area contributed by atoms with Crippen LogP contribution in [-0.2, 0) is 42.9 Å². The fourth-order valence-corrected chi connectivity index (χ4v) is 4.36. The van der Waals surface area contributed by atoms with Gasteiger partial charge in [-0.25, -0.2) is 9.59 Å². The van der Waals surface area contributed by atoms with Gasteiger partial charge in [-0.05, 0) is 39.0 Å². The van der Waals surface area contributed by atoms with Crippen molar-refractivity contribution in [2.75, 3.05) is 6.61 Å². The lowest BCUT2D eigenvalue weighted by molar-refractivity contribution is -0.152. The minimum atomic E-state index is -0.874. The molecule has 0 bridgehead atoms. The van der Waals surface area contributed by atoms with Gasteiger partial charge in [0.1, 0.15) is 24.9 Å². The highest BCUT2D eigenvalue weighted by molar-refractivity contribution is 5.94. The number of rotatable bonds is 5. The van der Waals surface area contributed by atoms with E-state index in [2.05, 4.69) is 6.58 Å². The van der Waals surface area contributed by atoms with Crippen molar-refractivity contribution in [1.82, 2.24) is 0 Å². The Morgan fingerprint density at radius 2 is 1.84 bits per heavy atom. The zero-order valence-electron chi connectivity index (χ0n) is 19.1. The number of fused-ring (bicyclic) bond motifs is 3. The summed E-state index contributed by atoms with van der Waals surface area (Å²) in [6.45, 7) is 11.2. The van der Waals surface area contributed by atoms with E-state index in [4.69, 9.17) is 23.7 Å². The van der Waals surface area contributed by atoms with Crippen molar-refractivity contribution in [3.8, 4) is 0 Å². The van der Waals surface area contributed by atoms with Crippen LogP contribution in [0.25, 0.3) is 0 Å². The molecule has 0 radical (unpaired) electrons. The van der Waals surface area contributed by atoms with E-state index in [1.54, 1.807) is 0 Å². The Kier molecular flexibility index (Phi) is 6.78. The van der Waals surface area contributed by atoms with Crippen LogP contribution in [0.1, 0.15) is 53.9 Å². The Bertz CT molecular complexity index is 873. The van der Waals surface area contributed by atoms with Crippen LogP contribution < -0.4 is 0 Å². The van der Waals surface area contributed by atoms with E-state index in [-0.39, 0.29) is 30.1 Å². The van der Waals surface area contributed by atoms with E-state index in [0.717, 1.165) is 0 Å². The van der Waals surface area contributed by atoms with Gasteiger partial charge in [0, 0.05) is 25.0 Å². The molecule has 0 unspecified atom stereocenters. The summed E-state index contributed by atoms with van der Waals surface area (Å²) in [5.74, 6) is -2.43. The van der Waals surface area contributed by atoms with E-state index < -0.39 is 53.9 Å². The number of carbonyl (C=O) groups excluding carboxylic acids is 4. The Labute approximate surface area is 187 Å². The van der Waals surface area contributed by atoms with Crippen molar-refractivity contribution >= 4 is 23.9 Å². The molecule has 0 aromatic heterocycles. The second-order valence-electron chi connectivity index (χ2n) is 8.97. The zero-order valence-corrected chi connectivity index (χ0v) is 19.1. The van der Waals surface area contributed by atoms with Crippen LogP contribution in [0.4, 0.5) is 0 Å². The smallest absolute Gasteiger partial charge is 0.338 e. The first kappa shape index (κ1) is 24.0. The maximum absolute atomic E-state index is 12.7. The van der Waals surface area contributed by atoms with Crippen LogP contribution in [0.5, 0.6) is 0 Å². The molecule has 3 aliphatic rings. The lowest BCUT2D eigenvalue weighted by atomic mass is 9.82. The monoisotopic (exact) mass is 450 g/mol. The van der Waals surface area contributed by atoms with Crippen molar-refractivity contribution in [3.05, 3.63) is 23.3 Å². The van der Waals surface area contributed by atoms with Gasteiger partial charge in [0.05, 0.1) is 11.2 Å². The lowest BCUT2D eigenvalue weighted by Gasteiger charge is -2.31. The second-order valence-corrected chi connectivity index (χ2v) is 8.97. The maximum atomic E-state index is 12.7. The van der Waals surface area contributed by atoms with Gasteiger partial charge in [0.15, 0.2) is 6.10 Å². The third kappa shape index (κ3) is 5.03. The molecule has 9 heteroatoms. The molecule has 2 fully saturated rings. The summed E-state index contributed by atoms with van der Waals surface area (Å²) in [6, 6.07) is 0. The fourth-order valence-electron chi connectivity index (χ4n) is 4.36. The van der Waals surface area contributed by atoms with Gasteiger partial charge in [0.2, 0.25) is 0 Å². The van der Waals surface area contributed by atoms with E-state index >= 15 is 0 Å². The molecule has 32 heavy (non-hydrogen) atoms. The van der Waals surface area contributed by atoms with E-state index in [1.807, 2.05) is 13.8 Å². The number of ether oxygens (including phenoxy) is 5. The molecule has 0 N–H and O–H groups in total. The van der Waals surface area contributed by atoms with Crippen LogP contribution in [0.3, 0.4) is 0 Å². The van der Waals surface area contributed by atoms with Gasteiger partial charge in [-0.1, -0.05) is 13.5 Å². The highest BCUT2D eigenvalue weighted by atomic mass is 16.7. The number of hydrogen-bond acceptors (Lipinski definition) is 9. The zero-order chi connectivity index (χ0) is 23.8. The van der Waals surface area contributed by atoms with Crippen LogP contribution in [0.15, 0.2) is 23.3 Å². The molecule has 1 aliphatic carbocycles. The van der Waals surface area contributed by atoms with Gasteiger partial charge >= 0.3 is 23.9 Å². The molecule has 1 saturated carbocycles. The highest BCUT2D eigenvalue weighted by Crippen LogP contribution is 2.50. The predicted molar refractivity (Wildman–Crippen MR) is 110 cm³/mol. The molecule has 0 aromatic rings. The van der Waals surface area contributed by atoms with Crippen molar-refractivity contribution in [3.63, 3.8) is 0 Å². The summed E-state index contributed by atoms with van der Waals surface area (Å²) < 4.78 is 28.0. The Morgan fingerprint density at radius 3 is 2.44 bits per heavy atom. The van der Waals surface area contributed by atoms with E-state index in [9.17, 15) is 19.2 Å². The summed E-state index contributed by atoms with van der Waals surface area (Å²) in [5, 5.41) is 0. The highest BCUT2D eigenvalue weighted by Gasteiger charge is 2.62. The number of hydrogen-bond donors (Lipinski definition) is 0. The van der Waals surface area contributed by atoms with Crippen LogP contribution in [-0.4, -0.2) is 60.5 Å². The van der Waals surface area contributed by atoms with Crippen LogP contribution >= 0.6 is 0 Å². The summed E-state index contributed by atoms with van der Waals surface area (Å²) >= 11 is 0. The van der Waals surface area contributed by atoms with Gasteiger partial charge < -0.3 is 23.7 Å². The quantitative estimate of drug-likeness (QED) is 0.269. The standard InChI is InChI=1S/C23H30O9/c1-11(2)21(26)30-17-9-12(3)16(29-14(5)25)7-8-23(6)20(32-23)19-18(17)15(22(27)31-19)10-28-13(4)24/h12,16-17,19-20H,1,7-10H2,2-6H3/t12-,16+,17+,19+,20+,23-/m1/s1. The fraction of sp³-hybridized carbons (Fsp3) is 0.652. The SMILES string of the molecule is C=C(C)C(=O)O[C@H]1C[C@@H](C)[C@@H](OC(C)=O)CC[C@@]2(C)O[C@H]2[C@H]2OC(=O)C(COC(C)=O)=C12. The van der Waals surface area contributed by atoms with Crippen molar-refractivity contribution in [2.45, 2.75) is 83.9 Å². The van der Waals surface area contributed by atoms with Gasteiger partial charge in [-0.3, -0.25) is 9.59 Å². The molecule has 0 spiro atoms. The molecule has 6 atom stereocenters. The normalized spacial score (nSPS) is 33.9. The summed E-state index contributed by atoms with van der Waals surface area (Å²) in [5.41, 5.74) is 0.169. The molecule has 0 amide bonds. The summed E-state index contributed by atoms with van der Waals surface area (Å²) in [6.07, 6.45) is -1.10. The summed E-state index contributed by atoms with van der Waals surface area (Å²) in [4.78, 5) is 48.3. The molecule has 176 valence electrons. The lowest BCUT2D eigenvalue weighted by Crippen LogP contribution is -2.38. The van der Waals surface area contributed by atoms with Crippen molar-refractivity contribution in [2.24, 2.45) is 5.92 Å². The topological polar surface area (TPSA) is 118 Å². The number of esters is 4. The second kappa shape index (κ2) is 9.05. The maximum Gasteiger partial charge on any atom is 0.338 e. The number of carbonyl (C=O) groups is 4. The van der Waals surface area contributed by atoms with Gasteiger partial charge in [0.25, 0.3) is 0 Å². The first-order valence-electron chi connectivity index (χ1n) is 10.7. The third-order valence-electron chi connectivity index (χ3n) is 6.18. The Balaban J connectivity index is 2.05. The van der Waals surface area contributed by atoms with Gasteiger partial charge in [-0.2, -0.15) is 0 Å². The molecule has 9 nitrogen and oxygen atoms in total. The number of epoxide rings is 1. The Hall–Kier alpha value is -2.68. The molecule has 0 aromatic carbocycles. The van der Waals surface area contributed by atoms with Gasteiger partial charge in [-0.15, -0.1) is 0 Å². The van der Waals surface area contributed by atoms with Crippen molar-refractivity contribution in [1.29, 1.82) is 0 Å². The molecular weight excluding hydrogens is 420 g/mol. The average Bonchev–Trinajstić information content (AvgIpc) is 3.24. The third-order valence-corrected chi connectivity index (χ3v) is 6.18. The largest absolute Gasteiger partial charge is 0.462 e. The van der Waals surface area contributed by atoms with Crippen LogP contribution in [0, 0.1) is 5.92 Å². The molecule has 2 heterocycles. The predicted octanol–water partition coefficient (Wildman–Crippen LogP) is 2.17. The van der Waals surface area contributed by atoms with Crippen LogP contribution in [0.2, 0.25) is 0 Å². The first-order chi connectivity index (χ1) is 14.9. The minimum Gasteiger partial charge on any atom is -0.462 e. The molecule has 2 aliphatic heterocycles. The van der Waals surface area contributed by atoms with E-state index in [1.165, 1.54) is 20.8 Å². The molecular formula is C23H30O9.